The van der Waals surface area contributed by atoms with Crippen LogP contribution in [0.2, 0.25) is 0 Å². The van der Waals surface area contributed by atoms with E-state index in [9.17, 15) is 13.2 Å². The zero-order valence-corrected chi connectivity index (χ0v) is 10.7. The maximum absolute atomic E-state index is 11.5. The molecule has 7 heteroatoms. The van der Waals surface area contributed by atoms with E-state index < -0.39 is 21.7 Å². The summed E-state index contributed by atoms with van der Waals surface area (Å²) < 4.78 is 27.4. The molecule has 3 N–H and O–H groups in total. The highest BCUT2D eigenvalue weighted by Crippen LogP contribution is 2.13. The molecule has 1 unspecified atom stereocenters. The van der Waals surface area contributed by atoms with Crippen LogP contribution >= 0.6 is 0 Å². The standard InChI is InChI=1S/C9H20N2O4S/c1-4-6-9(3,8(12)13)11-16(14,15)10-7-5-2/h10-11H,4-7H2,1-3H3,(H,12,13). The van der Waals surface area contributed by atoms with Gasteiger partial charge >= 0.3 is 5.97 Å². The second kappa shape index (κ2) is 6.17. The molecular weight excluding hydrogens is 232 g/mol. The van der Waals surface area contributed by atoms with Crippen molar-refractivity contribution in [1.82, 2.24) is 9.44 Å². The number of hydrogen-bond donors (Lipinski definition) is 3. The van der Waals surface area contributed by atoms with Gasteiger partial charge in [0.05, 0.1) is 0 Å². The average molecular weight is 252 g/mol. The first kappa shape index (κ1) is 15.3. The van der Waals surface area contributed by atoms with Gasteiger partial charge in [0.25, 0.3) is 10.2 Å². The smallest absolute Gasteiger partial charge is 0.324 e. The molecule has 0 heterocycles. The molecule has 0 bridgehead atoms. The Morgan fingerprint density at radius 1 is 1.31 bits per heavy atom. The molecule has 96 valence electrons. The van der Waals surface area contributed by atoms with Crippen LogP contribution in [0.15, 0.2) is 0 Å². The number of rotatable bonds is 8. The minimum absolute atomic E-state index is 0.245. The van der Waals surface area contributed by atoms with Crippen LogP contribution < -0.4 is 9.44 Å². The van der Waals surface area contributed by atoms with Crippen LogP contribution in [0, 0.1) is 0 Å². The third-order valence-corrected chi connectivity index (χ3v) is 3.43. The lowest BCUT2D eigenvalue weighted by Gasteiger charge is -2.25. The number of hydrogen-bond acceptors (Lipinski definition) is 3. The molecule has 0 aromatic carbocycles. The Labute approximate surface area is 96.6 Å². The Hall–Kier alpha value is -0.660. The molecule has 0 radical (unpaired) electrons. The van der Waals surface area contributed by atoms with Gasteiger partial charge in [0.1, 0.15) is 5.54 Å². The molecule has 16 heavy (non-hydrogen) atoms. The largest absolute Gasteiger partial charge is 0.480 e. The van der Waals surface area contributed by atoms with Gasteiger partial charge in [0.2, 0.25) is 0 Å². The lowest BCUT2D eigenvalue weighted by molar-refractivity contribution is -0.143. The van der Waals surface area contributed by atoms with E-state index in [0.29, 0.717) is 12.8 Å². The summed E-state index contributed by atoms with van der Waals surface area (Å²) >= 11 is 0. The molecule has 0 rings (SSSR count). The van der Waals surface area contributed by atoms with Crippen molar-refractivity contribution in [2.75, 3.05) is 6.54 Å². The van der Waals surface area contributed by atoms with Crippen molar-refractivity contribution in [1.29, 1.82) is 0 Å². The molecule has 0 saturated carbocycles. The first-order chi connectivity index (χ1) is 7.27. The number of carbonyl (C=O) groups is 1. The summed E-state index contributed by atoms with van der Waals surface area (Å²) in [5.74, 6) is -1.17. The zero-order valence-electron chi connectivity index (χ0n) is 9.91. The average Bonchev–Trinajstić information content (AvgIpc) is 2.14. The van der Waals surface area contributed by atoms with Crippen LogP contribution in [0.25, 0.3) is 0 Å². The van der Waals surface area contributed by atoms with Gasteiger partial charge in [-0.2, -0.15) is 13.1 Å². The van der Waals surface area contributed by atoms with Crippen LogP contribution in [0.3, 0.4) is 0 Å². The molecule has 0 amide bonds. The van der Waals surface area contributed by atoms with Crippen molar-refractivity contribution in [2.24, 2.45) is 0 Å². The molecular formula is C9H20N2O4S. The number of carboxylic acid groups (broad SMARTS) is 1. The third kappa shape index (κ3) is 4.91. The molecule has 0 spiro atoms. The first-order valence-electron chi connectivity index (χ1n) is 5.29. The topological polar surface area (TPSA) is 95.5 Å². The maximum atomic E-state index is 11.5. The van der Waals surface area contributed by atoms with Gasteiger partial charge in [-0.1, -0.05) is 20.3 Å². The van der Waals surface area contributed by atoms with E-state index in [-0.39, 0.29) is 13.0 Å². The van der Waals surface area contributed by atoms with Gasteiger partial charge in [0.15, 0.2) is 0 Å². The predicted octanol–water partition coefficient (Wildman–Crippen LogP) is 0.464. The van der Waals surface area contributed by atoms with Gasteiger partial charge in [-0.05, 0) is 19.8 Å². The fourth-order valence-electron chi connectivity index (χ4n) is 1.27. The SMILES string of the molecule is CCCNS(=O)(=O)NC(C)(CCC)C(=O)O. The fourth-order valence-corrected chi connectivity index (χ4v) is 2.60. The van der Waals surface area contributed by atoms with Crippen LogP contribution in [0.1, 0.15) is 40.0 Å². The first-order valence-corrected chi connectivity index (χ1v) is 6.77. The van der Waals surface area contributed by atoms with E-state index in [1.807, 2.05) is 6.92 Å². The van der Waals surface area contributed by atoms with Crippen molar-refractivity contribution in [3.8, 4) is 0 Å². The van der Waals surface area contributed by atoms with Crippen molar-refractivity contribution < 1.29 is 18.3 Å². The van der Waals surface area contributed by atoms with Crippen molar-refractivity contribution in [3.05, 3.63) is 0 Å². The molecule has 0 aliphatic carbocycles. The van der Waals surface area contributed by atoms with Crippen molar-refractivity contribution >= 4 is 16.2 Å². The highest BCUT2D eigenvalue weighted by atomic mass is 32.2. The van der Waals surface area contributed by atoms with E-state index in [1.54, 1.807) is 6.92 Å². The minimum Gasteiger partial charge on any atom is -0.480 e. The molecule has 1 atom stereocenters. The number of carboxylic acids is 1. The Bertz CT molecular complexity index is 328. The summed E-state index contributed by atoms with van der Waals surface area (Å²) in [4.78, 5) is 11.0. The Kier molecular flexibility index (Phi) is 5.91. The summed E-state index contributed by atoms with van der Waals surface area (Å²) in [6.07, 6.45) is 1.48. The lowest BCUT2D eigenvalue weighted by Crippen LogP contribution is -2.55. The molecule has 0 aromatic rings. The highest BCUT2D eigenvalue weighted by Gasteiger charge is 2.36. The fraction of sp³-hybridized carbons (Fsp3) is 0.889. The van der Waals surface area contributed by atoms with Crippen LogP contribution in [0.4, 0.5) is 0 Å². The Balaban J connectivity index is 4.69. The van der Waals surface area contributed by atoms with E-state index in [4.69, 9.17) is 5.11 Å². The molecule has 0 saturated heterocycles. The van der Waals surface area contributed by atoms with Crippen molar-refractivity contribution in [3.63, 3.8) is 0 Å². The molecule has 0 aliphatic heterocycles. The molecule has 0 aliphatic rings. The van der Waals surface area contributed by atoms with E-state index in [1.165, 1.54) is 6.92 Å². The van der Waals surface area contributed by atoms with Gasteiger partial charge in [0, 0.05) is 6.54 Å². The highest BCUT2D eigenvalue weighted by molar-refractivity contribution is 7.87. The zero-order chi connectivity index (χ0) is 12.8. The second-order valence-electron chi connectivity index (χ2n) is 3.89. The van der Waals surface area contributed by atoms with Gasteiger partial charge < -0.3 is 5.11 Å². The monoisotopic (exact) mass is 252 g/mol. The normalized spacial score (nSPS) is 15.7. The summed E-state index contributed by atoms with van der Waals surface area (Å²) in [6, 6.07) is 0. The molecule has 0 aromatic heterocycles. The van der Waals surface area contributed by atoms with Crippen molar-refractivity contribution in [2.45, 2.75) is 45.6 Å². The predicted molar refractivity (Wildman–Crippen MR) is 61.3 cm³/mol. The minimum atomic E-state index is -3.75. The van der Waals surface area contributed by atoms with E-state index >= 15 is 0 Å². The molecule has 0 fully saturated rings. The Morgan fingerprint density at radius 3 is 2.25 bits per heavy atom. The summed E-state index contributed by atoms with van der Waals surface area (Å²) in [5, 5.41) is 9.00. The Morgan fingerprint density at radius 2 is 1.88 bits per heavy atom. The second-order valence-corrected chi connectivity index (χ2v) is 5.39. The summed E-state index contributed by atoms with van der Waals surface area (Å²) in [6.45, 7) is 5.28. The third-order valence-electron chi connectivity index (χ3n) is 2.12. The van der Waals surface area contributed by atoms with Crippen LogP contribution in [0.5, 0.6) is 0 Å². The van der Waals surface area contributed by atoms with E-state index in [0.717, 1.165) is 0 Å². The summed E-state index contributed by atoms with van der Waals surface area (Å²) in [5.41, 5.74) is -1.45. The van der Waals surface area contributed by atoms with Gasteiger partial charge in [-0.25, -0.2) is 4.72 Å². The number of nitrogens with one attached hydrogen (secondary N) is 2. The van der Waals surface area contributed by atoms with Crippen LogP contribution in [-0.4, -0.2) is 31.6 Å². The number of aliphatic carboxylic acids is 1. The molecule has 6 nitrogen and oxygen atoms in total. The summed E-state index contributed by atoms with van der Waals surface area (Å²) in [7, 11) is -3.75. The quantitative estimate of drug-likeness (QED) is 0.585. The lowest BCUT2D eigenvalue weighted by atomic mass is 9.98. The van der Waals surface area contributed by atoms with Crippen LogP contribution in [-0.2, 0) is 15.0 Å². The maximum Gasteiger partial charge on any atom is 0.324 e. The van der Waals surface area contributed by atoms with Gasteiger partial charge in [-0.3, -0.25) is 4.79 Å². The van der Waals surface area contributed by atoms with E-state index in [2.05, 4.69) is 9.44 Å². The van der Waals surface area contributed by atoms with Gasteiger partial charge in [-0.15, -0.1) is 0 Å².